The van der Waals surface area contributed by atoms with Crippen LogP contribution in [0.1, 0.15) is 52.9 Å². The largest absolute Gasteiger partial charge is 0.371 e. The molecule has 0 spiro atoms. The Hall–Kier alpha value is -0.410. The molecule has 2 saturated carbocycles. The van der Waals surface area contributed by atoms with Gasteiger partial charge < -0.3 is 9.47 Å². The Morgan fingerprint density at radius 1 is 1.22 bits per heavy atom. The van der Waals surface area contributed by atoms with E-state index in [0.717, 1.165) is 31.1 Å². The Morgan fingerprint density at radius 3 is 2.61 bits per heavy atom. The summed E-state index contributed by atoms with van der Waals surface area (Å²) in [7, 11) is 0. The third-order valence-electron chi connectivity index (χ3n) is 4.48. The fourth-order valence-electron chi connectivity index (χ4n) is 2.90. The van der Waals surface area contributed by atoms with Crippen LogP contribution in [0.4, 0.5) is 0 Å². The van der Waals surface area contributed by atoms with Gasteiger partial charge in [0.2, 0.25) is 0 Å². The van der Waals surface area contributed by atoms with Gasteiger partial charge in [-0.1, -0.05) is 20.8 Å². The maximum Gasteiger partial charge on any atom is 0.166 e. The van der Waals surface area contributed by atoms with Gasteiger partial charge in [-0.05, 0) is 37.5 Å². The van der Waals surface area contributed by atoms with Crippen molar-refractivity contribution in [2.24, 2.45) is 11.8 Å². The molecule has 0 heterocycles. The van der Waals surface area contributed by atoms with Crippen LogP contribution in [-0.4, -0.2) is 30.7 Å². The van der Waals surface area contributed by atoms with Crippen LogP contribution in [0.5, 0.6) is 0 Å². The molecule has 18 heavy (non-hydrogen) atoms. The quantitative estimate of drug-likeness (QED) is 0.756. The predicted octanol–water partition coefficient (Wildman–Crippen LogP) is 2.96. The standard InChI is InChI=1S/C15H26O3/c1-4-7-17-15-13(16)9-14(15)18-12-6-5-10(2)11(3)8-12/h10-12,14-15H,4-9H2,1-3H3. The molecule has 2 aliphatic carbocycles. The number of carbonyl (C=O) groups is 1. The van der Waals surface area contributed by atoms with Gasteiger partial charge in [-0.3, -0.25) is 4.79 Å². The van der Waals surface area contributed by atoms with Crippen LogP contribution >= 0.6 is 0 Å². The second-order valence-electron chi connectivity index (χ2n) is 6.03. The molecule has 2 rings (SSSR count). The summed E-state index contributed by atoms with van der Waals surface area (Å²) in [5.74, 6) is 1.75. The Bertz CT molecular complexity index is 289. The number of carbonyl (C=O) groups excluding carboxylic acids is 1. The molecular formula is C15H26O3. The highest BCUT2D eigenvalue weighted by Gasteiger charge is 2.43. The Kier molecular flexibility index (Phi) is 4.79. The van der Waals surface area contributed by atoms with E-state index in [0.29, 0.717) is 19.1 Å². The monoisotopic (exact) mass is 254 g/mol. The lowest BCUT2D eigenvalue weighted by atomic mass is 9.80. The van der Waals surface area contributed by atoms with E-state index in [-0.39, 0.29) is 18.0 Å². The summed E-state index contributed by atoms with van der Waals surface area (Å²) in [5, 5.41) is 0. The van der Waals surface area contributed by atoms with Crippen molar-refractivity contribution < 1.29 is 14.3 Å². The van der Waals surface area contributed by atoms with E-state index in [1.165, 1.54) is 6.42 Å². The summed E-state index contributed by atoms with van der Waals surface area (Å²) in [4.78, 5) is 11.5. The van der Waals surface area contributed by atoms with Gasteiger partial charge >= 0.3 is 0 Å². The van der Waals surface area contributed by atoms with Gasteiger partial charge in [-0.25, -0.2) is 0 Å². The van der Waals surface area contributed by atoms with Crippen LogP contribution < -0.4 is 0 Å². The second kappa shape index (κ2) is 6.16. The highest BCUT2D eigenvalue weighted by molar-refractivity contribution is 5.90. The van der Waals surface area contributed by atoms with Crippen LogP contribution in [0, 0.1) is 11.8 Å². The molecule has 0 aromatic rings. The van der Waals surface area contributed by atoms with Gasteiger partial charge in [-0.2, -0.15) is 0 Å². The zero-order valence-electron chi connectivity index (χ0n) is 11.9. The second-order valence-corrected chi connectivity index (χ2v) is 6.03. The molecule has 0 aliphatic heterocycles. The zero-order valence-corrected chi connectivity index (χ0v) is 11.9. The highest BCUT2D eigenvalue weighted by Crippen LogP contribution is 2.34. The van der Waals surface area contributed by atoms with Crippen molar-refractivity contribution in [3.8, 4) is 0 Å². The lowest BCUT2D eigenvalue weighted by Gasteiger charge is -2.40. The summed E-state index contributed by atoms with van der Waals surface area (Å²) in [5.41, 5.74) is 0. The van der Waals surface area contributed by atoms with E-state index in [2.05, 4.69) is 20.8 Å². The molecule has 3 nitrogen and oxygen atoms in total. The van der Waals surface area contributed by atoms with Crippen LogP contribution in [0.3, 0.4) is 0 Å². The van der Waals surface area contributed by atoms with E-state index in [9.17, 15) is 4.79 Å². The van der Waals surface area contributed by atoms with Crippen molar-refractivity contribution >= 4 is 5.78 Å². The van der Waals surface area contributed by atoms with Crippen LogP contribution in [0.2, 0.25) is 0 Å². The SMILES string of the molecule is CCCOC1C(=O)CC1OC1CCC(C)C(C)C1. The first-order chi connectivity index (χ1) is 8.61. The molecule has 5 atom stereocenters. The lowest BCUT2D eigenvalue weighted by Crippen LogP contribution is -2.52. The van der Waals surface area contributed by atoms with E-state index in [1.54, 1.807) is 0 Å². The molecule has 2 fully saturated rings. The highest BCUT2D eigenvalue weighted by atomic mass is 16.6. The van der Waals surface area contributed by atoms with E-state index >= 15 is 0 Å². The topological polar surface area (TPSA) is 35.5 Å². The summed E-state index contributed by atoms with van der Waals surface area (Å²) < 4.78 is 11.6. The molecule has 0 saturated heterocycles. The van der Waals surface area contributed by atoms with Gasteiger partial charge in [0, 0.05) is 13.0 Å². The molecule has 0 aromatic heterocycles. The van der Waals surface area contributed by atoms with Crippen molar-refractivity contribution in [2.75, 3.05) is 6.61 Å². The molecule has 2 aliphatic rings. The molecule has 0 aromatic carbocycles. The summed E-state index contributed by atoms with van der Waals surface area (Å²) >= 11 is 0. The number of ketones is 1. The number of hydrogen-bond donors (Lipinski definition) is 0. The predicted molar refractivity (Wildman–Crippen MR) is 70.5 cm³/mol. The summed E-state index contributed by atoms with van der Waals surface area (Å²) in [6.45, 7) is 7.34. The third kappa shape index (κ3) is 3.12. The van der Waals surface area contributed by atoms with Crippen molar-refractivity contribution in [1.82, 2.24) is 0 Å². The van der Waals surface area contributed by atoms with Crippen molar-refractivity contribution in [2.45, 2.75) is 71.2 Å². The Morgan fingerprint density at radius 2 is 2.00 bits per heavy atom. The minimum atomic E-state index is -0.278. The maximum atomic E-state index is 11.5. The van der Waals surface area contributed by atoms with Crippen molar-refractivity contribution in [1.29, 1.82) is 0 Å². The third-order valence-corrected chi connectivity index (χ3v) is 4.48. The first-order valence-corrected chi connectivity index (χ1v) is 7.41. The van der Waals surface area contributed by atoms with E-state index < -0.39 is 0 Å². The number of hydrogen-bond acceptors (Lipinski definition) is 3. The maximum absolute atomic E-state index is 11.5. The van der Waals surface area contributed by atoms with Gasteiger partial charge in [0.15, 0.2) is 5.78 Å². The molecule has 5 unspecified atom stereocenters. The summed E-state index contributed by atoms with van der Waals surface area (Å²) in [6.07, 6.45) is 5.09. The van der Waals surface area contributed by atoms with Crippen LogP contribution in [0.25, 0.3) is 0 Å². The summed E-state index contributed by atoms with van der Waals surface area (Å²) in [6, 6.07) is 0. The fraction of sp³-hybridized carbons (Fsp3) is 0.933. The Balaban J connectivity index is 1.77. The fourth-order valence-corrected chi connectivity index (χ4v) is 2.90. The van der Waals surface area contributed by atoms with Crippen LogP contribution in [-0.2, 0) is 14.3 Å². The molecule has 3 heteroatoms. The van der Waals surface area contributed by atoms with Gasteiger partial charge in [0.25, 0.3) is 0 Å². The first kappa shape index (κ1) is 14.0. The Labute approximate surface area is 110 Å². The molecule has 0 N–H and O–H groups in total. The van der Waals surface area contributed by atoms with Gasteiger partial charge in [0.05, 0.1) is 12.2 Å². The molecule has 104 valence electrons. The normalized spacial score (nSPS) is 40.6. The number of rotatable bonds is 5. The number of ether oxygens (including phenoxy) is 2. The van der Waals surface area contributed by atoms with Crippen molar-refractivity contribution in [3.63, 3.8) is 0 Å². The zero-order chi connectivity index (χ0) is 13.1. The molecule has 0 amide bonds. The average molecular weight is 254 g/mol. The lowest BCUT2D eigenvalue weighted by molar-refractivity contribution is -0.177. The first-order valence-electron chi connectivity index (χ1n) is 7.41. The minimum absolute atomic E-state index is 0.0228. The van der Waals surface area contributed by atoms with Crippen LogP contribution in [0.15, 0.2) is 0 Å². The number of Topliss-reactive ketones (excluding diaryl/α,β-unsaturated/α-hetero) is 1. The molecule has 0 radical (unpaired) electrons. The molecule has 0 bridgehead atoms. The smallest absolute Gasteiger partial charge is 0.166 e. The minimum Gasteiger partial charge on any atom is -0.371 e. The molecular weight excluding hydrogens is 228 g/mol. The average Bonchev–Trinajstić information content (AvgIpc) is 2.33. The van der Waals surface area contributed by atoms with Crippen molar-refractivity contribution in [3.05, 3.63) is 0 Å². The van der Waals surface area contributed by atoms with E-state index in [1.807, 2.05) is 0 Å². The van der Waals surface area contributed by atoms with Gasteiger partial charge in [-0.15, -0.1) is 0 Å². The van der Waals surface area contributed by atoms with Gasteiger partial charge in [0.1, 0.15) is 6.10 Å². The van der Waals surface area contributed by atoms with E-state index in [4.69, 9.17) is 9.47 Å².